The highest BCUT2D eigenvalue weighted by molar-refractivity contribution is 5.70. The average Bonchev–Trinajstić information content (AvgIpc) is 3.45. The van der Waals surface area contributed by atoms with E-state index in [0.29, 0.717) is 18.4 Å². The first-order valence-corrected chi connectivity index (χ1v) is 11.2. The van der Waals surface area contributed by atoms with Crippen molar-refractivity contribution in [2.45, 2.75) is 65.0 Å². The molecule has 1 N–H and O–H groups in total. The minimum atomic E-state index is -0.384. The van der Waals surface area contributed by atoms with Gasteiger partial charge in [0.2, 0.25) is 0 Å². The molecule has 1 saturated heterocycles. The van der Waals surface area contributed by atoms with E-state index in [9.17, 15) is 4.79 Å². The number of hydrogen-bond donors (Lipinski definition) is 1. The standard InChI is InChI=1S/C25H38N2O2/c1-19(16-20-8-6-5-7-9-20)22-17-23(22)26-18-21-10-13-27(14-11-21)15-12-24(28)29-25(2,3)4/h5-9,16,21-23,26H,10-15,17-18H2,1-4H3/t22-,23+/m0/s1. The van der Waals surface area contributed by atoms with E-state index < -0.39 is 0 Å². The molecule has 0 radical (unpaired) electrons. The maximum atomic E-state index is 11.9. The lowest BCUT2D eigenvalue weighted by Gasteiger charge is -2.32. The summed E-state index contributed by atoms with van der Waals surface area (Å²) in [6.45, 7) is 12.2. The van der Waals surface area contributed by atoms with Crippen molar-refractivity contribution in [3.8, 4) is 0 Å². The molecule has 2 aliphatic rings. The SMILES string of the molecule is CC(=Cc1ccccc1)[C@@H]1C[C@H]1NCC1CCN(CCC(=O)OC(C)(C)C)CC1. The van der Waals surface area contributed by atoms with Gasteiger partial charge in [-0.05, 0) is 84.0 Å². The maximum Gasteiger partial charge on any atom is 0.307 e. The van der Waals surface area contributed by atoms with Gasteiger partial charge in [0.15, 0.2) is 0 Å². The van der Waals surface area contributed by atoms with Crippen LogP contribution in [0.1, 0.15) is 58.9 Å². The smallest absolute Gasteiger partial charge is 0.307 e. The Morgan fingerprint density at radius 3 is 2.55 bits per heavy atom. The summed E-state index contributed by atoms with van der Waals surface area (Å²) in [5, 5.41) is 3.80. The zero-order valence-corrected chi connectivity index (χ0v) is 18.6. The van der Waals surface area contributed by atoms with E-state index in [1.165, 1.54) is 30.4 Å². The lowest BCUT2D eigenvalue weighted by atomic mass is 9.96. The molecule has 1 aromatic carbocycles. The number of ether oxygens (including phenoxy) is 1. The molecule has 1 saturated carbocycles. The molecule has 0 amide bonds. The molecule has 4 heteroatoms. The number of likely N-dealkylation sites (tertiary alicyclic amines) is 1. The van der Waals surface area contributed by atoms with Gasteiger partial charge in [-0.2, -0.15) is 0 Å². The van der Waals surface area contributed by atoms with Gasteiger partial charge >= 0.3 is 5.97 Å². The zero-order chi connectivity index (χ0) is 20.9. The summed E-state index contributed by atoms with van der Waals surface area (Å²) in [5.74, 6) is 1.37. The van der Waals surface area contributed by atoms with Crippen molar-refractivity contribution in [3.05, 3.63) is 41.5 Å². The highest BCUT2D eigenvalue weighted by atomic mass is 16.6. The lowest BCUT2D eigenvalue weighted by Crippen LogP contribution is -2.39. The molecular formula is C25H38N2O2. The van der Waals surface area contributed by atoms with Gasteiger partial charge in [-0.3, -0.25) is 4.79 Å². The van der Waals surface area contributed by atoms with Gasteiger partial charge in [0.25, 0.3) is 0 Å². The number of nitrogens with one attached hydrogen (secondary N) is 1. The van der Waals surface area contributed by atoms with Gasteiger partial charge < -0.3 is 15.0 Å². The van der Waals surface area contributed by atoms with Crippen molar-refractivity contribution >= 4 is 12.0 Å². The first kappa shape index (κ1) is 22.0. The second-order valence-electron chi connectivity index (χ2n) is 9.78. The van der Waals surface area contributed by atoms with Crippen LogP contribution in [-0.2, 0) is 9.53 Å². The van der Waals surface area contributed by atoms with Gasteiger partial charge in [-0.25, -0.2) is 0 Å². The fraction of sp³-hybridized carbons (Fsp3) is 0.640. The molecule has 2 fully saturated rings. The fourth-order valence-corrected chi connectivity index (χ4v) is 4.22. The number of benzene rings is 1. The topological polar surface area (TPSA) is 41.6 Å². The summed E-state index contributed by atoms with van der Waals surface area (Å²) in [4.78, 5) is 14.3. The van der Waals surface area contributed by atoms with Gasteiger partial charge in [-0.1, -0.05) is 42.0 Å². The number of carbonyl (C=O) groups excluding carboxylic acids is 1. The van der Waals surface area contributed by atoms with Crippen molar-refractivity contribution in [3.63, 3.8) is 0 Å². The zero-order valence-electron chi connectivity index (χ0n) is 18.6. The number of piperidine rings is 1. The molecule has 1 aromatic rings. The predicted molar refractivity (Wildman–Crippen MR) is 120 cm³/mol. The highest BCUT2D eigenvalue weighted by Crippen LogP contribution is 2.38. The molecule has 2 atom stereocenters. The second-order valence-corrected chi connectivity index (χ2v) is 9.78. The van der Waals surface area contributed by atoms with Gasteiger partial charge in [0, 0.05) is 12.6 Å². The van der Waals surface area contributed by atoms with Crippen molar-refractivity contribution in [2.24, 2.45) is 11.8 Å². The van der Waals surface area contributed by atoms with E-state index in [0.717, 1.165) is 32.1 Å². The van der Waals surface area contributed by atoms with Crippen molar-refractivity contribution < 1.29 is 9.53 Å². The summed E-state index contributed by atoms with van der Waals surface area (Å²) in [5.41, 5.74) is 2.41. The third-order valence-corrected chi connectivity index (χ3v) is 6.00. The van der Waals surface area contributed by atoms with Crippen LogP contribution in [0.2, 0.25) is 0 Å². The molecule has 0 aromatic heterocycles. The number of nitrogens with zero attached hydrogens (tertiary/aromatic N) is 1. The van der Waals surface area contributed by atoms with Crippen LogP contribution in [-0.4, -0.2) is 48.7 Å². The van der Waals surface area contributed by atoms with Crippen molar-refractivity contribution in [1.82, 2.24) is 10.2 Å². The first-order chi connectivity index (χ1) is 13.8. The van der Waals surface area contributed by atoms with E-state index in [1.54, 1.807) is 0 Å². The third-order valence-electron chi connectivity index (χ3n) is 6.00. The Morgan fingerprint density at radius 2 is 1.90 bits per heavy atom. The Morgan fingerprint density at radius 1 is 1.21 bits per heavy atom. The van der Waals surface area contributed by atoms with Crippen molar-refractivity contribution in [1.29, 1.82) is 0 Å². The van der Waals surface area contributed by atoms with E-state index in [4.69, 9.17) is 4.74 Å². The third kappa shape index (κ3) is 7.60. The van der Waals surface area contributed by atoms with Gasteiger partial charge in [0.05, 0.1) is 6.42 Å². The quantitative estimate of drug-likeness (QED) is 0.654. The van der Waals surface area contributed by atoms with Crippen LogP contribution in [0.4, 0.5) is 0 Å². The monoisotopic (exact) mass is 398 g/mol. The number of rotatable bonds is 8. The Labute approximate surface area is 176 Å². The molecule has 0 bridgehead atoms. The summed E-state index contributed by atoms with van der Waals surface area (Å²) in [6, 6.07) is 11.3. The largest absolute Gasteiger partial charge is 0.460 e. The molecule has 29 heavy (non-hydrogen) atoms. The predicted octanol–water partition coefficient (Wildman–Crippen LogP) is 4.51. The summed E-state index contributed by atoms with van der Waals surface area (Å²) in [6.07, 6.45) is 6.53. The maximum absolute atomic E-state index is 11.9. The summed E-state index contributed by atoms with van der Waals surface area (Å²) in [7, 11) is 0. The minimum Gasteiger partial charge on any atom is -0.460 e. The van der Waals surface area contributed by atoms with Crippen LogP contribution in [0.15, 0.2) is 35.9 Å². The second kappa shape index (κ2) is 9.90. The number of carbonyl (C=O) groups is 1. The molecule has 1 aliphatic carbocycles. The number of hydrogen-bond acceptors (Lipinski definition) is 4. The van der Waals surface area contributed by atoms with E-state index in [-0.39, 0.29) is 11.6 Å². The molecular weight excluding hydrogens is 360 g/mol. The molecule has 4 nitrogen and oxygen atoms in total. The molecule has 1 aliphatic heterocycles. The van der Waals surface area contributed by atoms with E-state index >= 15 is 0 Å². The number of esters is 1. The lowest BCUT2D eigenvalue weighted by molar-refractivity contribution is -0.155. The summed E-state index contributed by atoms with van der Waals surface area (Å²) < 4.78 is 5.41. The van der Waals surface area contributed by atoms with Crippen LogP contribution in [0.3, 0.4) is 0 Å². The average molecular weight is 399 g/mol. The van der Waals surface area contributed by atoms with Crippen molar-refractivity contribution in [2.75, 3.05) is 26.2 Å². The Bertz CT molecular complexity index is 685. The Hall–Kier alpha value is -1.65. The first-order valence-electron chi connectivity index (χ1n) is 11.2. The van der Waals surface area contributed by atoms with E-state index in [2.05, 4.69) is 53.5 Å². The molecule has 160 valence electrons. The molecule has 0 unspecified atom stereocenters. The van der Waals surface area contributed by atoms with Crippen LogP contribution in [0.25, 0.3) is 6.08 Å². The summed E-state index contributed by atoms with van der Waals surface area (Å²) >= 11 is 0. The van der Waals surface area contributed by atoms with Gasteiger partial charge in [0.1, 0.15) is 5.60 Å². The molecule has 0 spiro atoms. The molecule has 1 heterocycles. The van der Waals surface area contributed by atoms with E-state index in [1.807, 2.05) is 20.8 Å². The minimum absolute atomic E-state index is 0.0833. The normalized spacial score (nSPS) is 23.8. The Kier molecular flexibility index (Phi) is 7.53. The fourth-order valence-electron chi connectivity index (χ4n) is 4.22. The van der Waals surface area contributed by atoms with Crippen LogP contribution < -0.4 is 5.32 Å². The van der Waals surface area contributed by atoms with Crippen LogP contribution >= 0.6 is 0 Å². The van der Waals surface area contributed by atoms with Crippen LogP contribution in [0.5, 0.6) is 0 Å². The van der Waals surface area contributed by atoms with Crippen LogP contribution in [0, 0.1) is 11.8 Å². The van der Waals surface area contributed by atoms with Gasteiger partial charge in [-0.15, -0.1) is 0 Å². The Balaban J connectivity index is 1.30. The highest BCUT2D eigenvalue weighted by Gasteiger charge is 2.38. The molecule has 3 rings (SSSR count).